The van der Waals surface area contributed by atoms with Crippen LogP contribution in [-0.2, 0) is 4.79 Å². The molecule has 0 unspecified atom stereocenters. The quantitative estimate of drug-likeness (QED) is 0.486. The first-order valence-corrected chi connectivity index (χ1v) is 4.12. The van der Waals surface area contributed by atoms with Crippen molar-refractivity contribution in [2.24, 2.45) is 0 Å². The molecular weight excluding hydrogens is 164 g/mol. The predicted octanol–water partition coefficient (Wildman–Crippen LogP) is 2.41. The van der Waals surface area contributed by atoms with Gasteiger partial charge in [0, 0.05) is 6.92 Å². The third-order valence-corrected chi connectivity index (χ3v) is 1.77. The highest BCUT2D eigenvalue weighted by Crippen LogP contribution is 2.24. The minimum absolute atomic E-state index is 0.289. The summed E-state index contributed by atoms with van der Waals surface area (Å²) in [4.78, 5) is 10.8. The van der Waals surface area contributed by atoms with E-state index >= 15 is 0 Å². The number of aryl methyl sites for hydroxylation is 2. The Bertz CT molecular complexity index is 317. The van der Waals surface area contributed by atoms with Crippen LogP contribution in [-0.4, -0.2) is 5.97 Å². The molecule has 0 saturated carbocycles. The zero-order chi connectivity index (χ0) is 10.0. The van der Waals surface area contributed by atoms with Crippen molar-refractivity contribution < 1.29 is 9.53 Å². The topological polar surface area (TPSA) is 26.3 Å². The molecule has 1 rings (SSSR count). The fourth-order valence-electron chi connectivity index (χ4n) is 1.34. The summed E-state index contributed by atoms with van der Waals surface area (Å²) in [7, 11) is 0. The minimum Gasteiger partial charge on any atom is -0.426 e. The normalized spacial score (nSPS) is 9.85. The third-order valence-electron chi connectivity index (χ3n) is 1.77. The molecule has 0 fully saturated rings. The SMILES string of the molecule is [CH2]c1cc(C)c(OC(C)=O)c(C)c1. The lowest BCUT2D eigenvalue weighted by molar-refractivity contribution is -0.131. The number of esters is 1. The fraction of sp³-hybridized carbons (Fsp3) is 0.273. The van der Waals surface area contributed by atoms with Crippen LogP contribution in [0.5, 0.6) is 5.75 Å². The Labute approximate surface area is 78.5 Å². The first-order chi connectivity index (χ1) is 6.00. The monoisotopic (exact) mass is 177 g/mol. The van der Waals surface area contributed by atoms with Crippen molar-refractivity contribution in [2.75, 3.05) is 0 Å². The van der Waals surface area contributed by atoms with Crippen molar-refractivity contribution in [1.29, 1.82) is 0 Å². The van der Waals surface area contributed by atoms with Crippen LogP contribution in [0.1, 0.15) is 23.6 Å². The maximum Gasteiger partial charge on any atom is 0.308 e. The molecule has 0 aliphatic heterocycles. The standard InChI is InChI=1S/C11H13O2/c1-7-5-8(2)11(9(3)6-7)13-10(4)12/h5-6H,1H2,2-4H3. The average Bonchev–Trinajstić information content (AvgIpc) is 1.96. The van der Waals surface area contributed by atoms with Gasteiger partial charge in [0.1, 0.15) is 5.75 Å². The molecule has 0 aliphatic rings. The molecule has 13 heavy (non-hydrogen) atoms. The summed E-state index contributed by atoms with van der Waals surface area (Å²) in [6, 6.07) is 3.79. The second kappa shape index (κ2) is 3.60. The summed E-state index contributed by atoms with van der Waals surface area (Å²) in [5.74, 6) is 0.364. The zero-order valence-electron chi connectivity index (χ0n) is 8.18. The van der Waals surface area contributed by atoms with Crippen LogP contribution in [0.2, 0.25) is 0 Å². The molecule has 0 aliphatic carbocycles. The molecule has 0 saturated heterocycles. The van der Waals surface area contributed by atoms with Gasteiger partial charge in [0.25, 0.3) is 0 Å². The van der Waals surface area contributed by atoms with Crippen LogP contribution in [0, 0.1) is 20.8 Å². The van der Waals surface area contributed by atoms with E-state index < -0.39 is 0 Å². The molecule has 1 aromatic carbocycles. The number of benzene rings is 1. The molecule has 0 aromatic heterocycles. The highest BCUT2D eigenvalue weighted by Gasteiger charge is 2.06. The first-order valence-electron chi connectivity index (χ1n) is 4.12. The van der Waals surface area contributed by atoms with Gasteiger partial charge in [-0.05, 0) is 37.5 Å². The van der Waals surface area contributed by atoms with Crippen molar-refractivity contribution in [3.63, 3.8) is 0 Å². The molecular formula is C11H13O2. The van der Waals surface area contributed by atoms with Gasteiger partial charge >= 0.3 is 5.97 Å². The van der Waals surface area contributed by atoms with Crippen molar-refractivity contribution in [2.45, 2.75) is 20.8 Å². The lowest BCUT2D eigenvalue weighted by Crippen LogP contribution is -2.04. The Hall–Kier alpha value is -1.31. The second-order valence-electron chi connectivity index (χ2n) is 3.15. The minimum atomic E-state index is -0.289. The Morgan fingerprint density at radius 3 is 2.15 bits per heavy atom. The molecule has 0 N–H and O–H groups in total. The van der Waals surface area contributed by atoms with Crippen LogP contribution in [0.25, 0.3) is 0 Å². The summed E-state index contributed by atoms with van der Waals surface area (Å²) >= 11 is 0. The van der Waals surface area contributed by atoms with E-state index in [-0.39, 0.29) is 5.97 Å². The largest absolute Gasteiger partial charge is 0.426 e. The summed E-state index contributed by atoms with van der Waals surface area (Å²) in [6.07, 6.45) is 0. The number of hydrogen-bond acceptors (Lipinski definition) is 2. The van der Waals surface area contributed by atoms with Gasteiger partial charge in [-0.15, -0.1) is 0 Å². The molecule has 0 amide bonds. The number of ether oxygens (including phenoxy) is 1. The summed E-state index contributed by atoms with van der Waals surface area (Å²) in [5, 5.41) is 0. The van der Waals surface area contributed by atoms with Crippen LogP contribution in [0.15, 0.2) is 12.1 Å². The third kappa shape index (κ3) is 2.31. The van der Waals surface area contributed by atoms with E-state index in [1.807, 2.05) is 26.0 Å². The van der Waals surface area contributed by atoms with E-state index in [0.29, 0.717) is 5.75 Å². The van der Waals surface area contributed by atoms with Crippen LogP contribution in [0.3, 0.4) is 0 Å². The van der Waals surface area contributed by atoms with Crippen molar-refractivity contribution in [3.05, 3.63) is 35.7 Å². The van der Waals surface area contributed by atoms with E-state index in [0.717, 1.165) is 16.7 Å². The van der Waals surface area contributed by atoms with Crippen molar-refractivity contribution in [1.82, 2.24) is 0 Å². The van der Waals surface area contributed by atoms with Crippen molar-refractivity contribution in [3.8, 4) is 5.75 Å². The second-order valence-corrected chi connectivity index (χ2v) is 3.15. The van der Waals surface area contributed by atoms with Crippen LogP contribution in [0.4, 0.5) is 0 Å². The predicted molar refractivity (Wildman–Crippen MR) is 51.7 cm³/mol. The van der Waals surface area contributed by atoms with E-state index in [1.165, 1.54) is 6.92 Å². The molecule has 0 atom stereocenters. The molecule has 0 spiro atoms. The molecule has 0 bridgehead atoms. The molecule has 2 heteroatoms. The van der Waals surface area contributed by atoms with Gasteiger partial charge < -0.3 is 4.74 Å². The van der Waals surface area contributed by atoms with Gasteiger partial charge in [0.2, 0.25) is 0 Å². The van der Waals surface area contributed by atoms with Gasteiger partial charge in [-0.2, -0.15) is 0 Å². The maximum atomic E-state index is 10.8. The molecule has 0 heterocycles. The highest BCUT2D eigenvalue weighted by atomic mass is 16.5. The summed E-state index contributed by atoms with van der Waals surface area (Å²) in [6.45, 7) is 9.03. The lowest BCUT2D eigenvalue weighted by Gasteiger charge is -2.09. The smallest absolute Gasteiger partial charge is 0.308 e. The van der Waals surface area contributed by atoms with E-state index in [1.54, 1.807) is 0 Å². The Morgan fingerprint density at radius 2 is 1.77 bits per heavy atom. The van der Waals surface area contributed by atoms with Gasteiger partial charge in [-0.1, -0.05) is 12.1 Å². The van der Waals surface area contributed by atoms with Gasteiger partial charge in [-0.3, -0.25) is 4.79 Å². The van der Waals surface area contributed by atoms with Crippen LogP contribution < -0.4 is 4.74 Å². The zero-order valence-corrected chi connectivity index (χ0v) is 8.18. The number of rotatable bonds is 1. The number of carbonyl (C=O) groups is 1. The summed E-state index contributed by atoms with van der Waals surface area (Å²) in [5.41, 5.74) is 2.83. The highest BCUT2D eigenvalue weighted by molar-refractivity contribution is 5.70. The Morgan fingerprint density at radius 1 is 1.31 bits per heavy atom. The Balaban J connectivity index is 3.13. The van der Waals surface area contributed by atoms with Crippen LogP contribution >= 0.6 is 0 Å². The summed E-state index contributed by atoms with van der Waals surface area (Å²) < 4.78 is 5.06. The molecule has 2 nitrogen and oxygen atoms in total. The van der Waals surface area contributed by atoms with Gasteiger partial charge in [-0.25, -0.2) is 0 Å². The molecule has 1 radical (unpaired) electrons. The number of carbonyl (C=O) groups excluding carboxylic acids is 1. The van der Waals surface area contributed by atoms with E-state index in [4.69, 9.17) is 4.74 Å². The number of hydrogen-bond donors (Lipinski definition) is 0. The lowest BCUT2D eigenvalue weighted by atomic mass is 10.1. The maximum absolute atomic E-state index is 10.8. The van der Waals surface area contributed by atoms with E-state index in [9.17, 15) is 4.79 Å². The van der Waals surface area contributed by atoms with Gasteiger partial charge in [0.05, 0.1) is 0 Å². The molecule has 1 aromatic rings. The Kier molecular flexibility index (Phi) is 2.71. The van der Waals surface area contributed by atoms with E-state index in [2.05, 4.69) is 6.92 Å². The van der Waals surface area contributed by atoms with Crippen molar-refractivity contribution >= 4 is 5.97 Å². The van der Waals surface area contributed by atoms with Gasteiger partial charge in [0.15, 0.2) is 0 Å². The first kappa shape index (κ1) is 9.78. The fourth-order valence-corrected chi connectivity index (χ4v) is 1.34. The average molecular weight is 177 g/mol. The molecule has 69 valence electrons.